The van der Waals surface area contributed by atoms with Crippen LogP contribution in [-0.2, 0) is 51.6 Å². The lowest BCUT2D eigenvalue weighted by atomic mass is 9.95. The molecule has 73 heavy (non-hydrogen) atoms. The number of nitrogens with zero attached hydrogens (tertiary/aromatic N) is 1. The van der Waals surface area contributed by atoms with Crippen LogP contribution in [0.1, 0.15) is 105 Å². The van der Waals surface area contributed by atoms with Crippen molar-refractivity contribution in [2.24, 2.45) is 0 Å². The number of alkyl halides is 7. The van der Waals surface area contributed by atoms with Gasteiger partial charge in [0.05, 0.1) is 9.79 Å². The van der Waals surface area contributed by atoms with Gasteiger partial charge in [-0.05, 0) is 164 Å². The van der Waals surface area contributed by atoms with E-state index in [1.807, 2.05) is 19.1 Å². The number of piperidine rings is 2. The summed E-state index contributed by atoms with van der Waals surface area (Å²) >= 11 is 0. The van der Waals surface area contributed by atoms with E-state index in [2.05, 4.69) is 10.2 Å². The monoisotopic (exact) mass is 1070 g/mol. The number of rotatable bonds is 15. The summed E-state index contributed by atoms with van der Waals surface area (Å²) in [6.07, 6.45) is -6.83. The smallest absolute Gasteiger partial charge is 0.453 e. The number of nitrogens with one attached hydrogen (secondary N) is 1. The summed E-state index contributed by atoms with van der Waals surface area (Å²) < 4.78 is 153. The van der Waals surface area contributed by atoms with E-state index in [9.17, 15) is 57.2 Å². The van der Waals surface area contributed by atoms with Crippen molar-refractivity contribution in [2.75, 3.05) is 32.7 Å². The Morgan fingerprint density at radius 2 is 0.863 bits per heavy atom. The lowest BCUT2D eigenvalue weighted by Gasteiger charge is -2.40. The lowest BCUT2D eigenvalue weighted by molar-refractivity contribution is -0.284. The topological polar surface area (TPSA) is 136 Å². The van der Waals surface area contributed by atoms with Crippen LogP contribution in [-0.4, -0.2) is 105 Å². The second-order valence-corrected chi connectivity index (χ2v) is 25.4. The number of carbonyl (C=O) groups is 2. The van der Waals surface area contributed by atoms with E-state index in [4.69, 9.17) is 9.47 Å². The Kier molecular flexibility index (Phi) is 18.2. The van der Waals surface area contributed by atoms with E-state index in [-0.39, 0.29) is 48.3 Å². The van der Waals surface area contributed by atoms with Crippen molar-refractivity contribution in [2.45, 2.75) is 155 Å². The van der Waals surface area contributed by atoms with E-state index in [0.717, 1.165) is 30.2 Å². The van der Waals surface area contributed by atoms with Gasteiger partial charge in [-0.25, -0.2) is 25.6 Å². The molecule has 10 nitrogen and oxygen atoms in total. The number of likely N-dealkylation sites (tertiary alicyclic amines) is 1. The van der Waals surface area contributed by atoms with E-state index >= 15 is 0 Å². The quantitative estimate of drug-likeness (QED) is 0.0905. The minimum absolute atomic E-state index is 0.0203. The summed E-state index contributed by atoms with van der Waals surface area (Å²) in [5.41, 5.74) is 2.36. The summed E-state index contributed by atoms with van der Waals surface area (Å²) in [6.45, 7) is 15.5. The molecule has 1 N–H and O–H groups in total. The standard InChI is InChI=1S/C28H34F5NO4S.C26H33F2NO4S/c1-5-34-18-16-26(17-19-34,24(35)38-25(2,3)4)39(36,37)23-12-10-22(11-13-23)21-8-6-20(7-9-21)14-15-27(29,30)28(31,32)33;1-24(2,3)33-23(30)26(15-17-29-18-16-26)34(31,32)22-11-9-21(10-12-22)20-7-5-19(6-8-20)13-14-25(4,27)28/h6-13H,5,14-19H2,1-4H3;5-12,29H,13-18H2,1-4H3. The maximum Gasteiger partial charge on any atom is 0.453 e. The molecule has 0 spiro atoms. The van der Waals surface area contributed by atoms with Gasteiger partial charge in [-0.3, -0.25) is 9.59 Å². The van der Waals surface area contributed by atoms with Crippen molar-refractivity contribution in [3.05, 3.63) is 108 Å². The highest BCUT2D eigenvalue weighted by Gasteiger charge is 2.57. The fraction of sp³-hybridized carbons (Fsp3) is 0.519. The molecule has 6 rings (SSSR count). The maximum atomic E-state index is 13.9. The molecule has 2 heterocycles. The number of carbonyl (C=O) groups excluding carboxylic acids is 2. The van der Waals surface area contributed by atoms with Crippen LogP contribution >= 0.6 is 0 Å². The molecule has 0 saturated carbocycles. The normalized spacial score (nSPS) is 17.0. The molecule has 0 atom stereocenters. The summed E-state index contributed by atoms with van der Waals surface area (Å²) in [6, 6.07) is 25.8. The molecule has 4 aromatic carbocycles. The van der Waals surface area contributed by atoms with Crippen molar-refractivity contribution >= 4 is 31.6 Å². The SMILES string of the molecule is CC(F)(F)CCc1ccc(-c2ccc(S(=O)(=O)C3(C(=O)OC(C)(C)C)CCNCC3)cc2)cc1.CCN1CCC(C(=O)OC(C)(C)C)(S(=O)(=O)c2ccc(-c3ccc(CCC(F)(F)C(F)(F)F)cc3)cc2)CC1. The van der Waals surface area contributed by atoms with Gasteiger partial charge in [-0.2, -0.15) is 22.0 Å². The van der Waals surface area contributed by atoms with Crippen LogP contribution in [0.15, 0.2) is 107 Å². The van der Waals surface area contributed by atoms with Crippen molar-refractivity contribution in [3.8, 4) is 22.3 Å². The molecule has 2 aliphatic heterocycles. The Morgan fingerprint density at radius 1 is 0.534 bits per heavy atom. The van der Waals surface area contributed by atoms with Crippen LogP contribution in [0.2, 0.25) is 0 Å². The van der Waals surface area contributed by atoms with E-state index in [1.165, 1.54) is 36.4 Å². The molecule has 0 aromatic heterocycles. The number of hydrogen-bond donors (Lipinski definition) is 1. The molecule has 402 valence electrons. The number of esters is 2. The Hall–Kier alpha value is -4.85. The Balaban J connectivity index is 0.000000273. The van der Waals surface area contributed by atoms with Crippen molar-refractivity contribution in [1.82, 2.24) is 10.2 Å². The summed E-state index contributed by atoms with van der Waals surface area (Å²) in [5, 5.41) is 3.12. The Bertz CT molecular complexity index is 2720. The molecule has 0 radical (unpaired) electrons. The average molecular weight is 1070 g/mol. The predicted molar refractivity (Wildman–Crippen MR) is 267 cm³/mol. The molecule has 0 unspecified atom stereocenters. The molecule has 2 fully saturated rings. The first-order valence-electron chi connectivity index (χ1n) is 24.3. The largest absolute Gasteiger partial charge is 0.459 e. The van der Waals surface area contributed by atoms with Crippen molar-refractivity contribution in [1.29, 1.82) is 0 Å². The third-order valence-corrected chi connectivity index (χ3v) is 18.0. The van der Waals surface area contributed by atoms with E-state index in [0.29, 0.717) is 42.9 Å². The zero-order chi connectivity index (χ0) is 54.5. The van der Waals surface area contributed by atoms with Crippen LogP contribution in [0, 0.1) is 0 Å². The minimum Gasteiger partial charge on any atom is -0.459 e. The fourth-order valence-electron chi connectivity index (χ4n) is 8.61. The highest BCUT2D eigenvalue weighted by molar-refractivity contribution is 7.94. The molecule has 4 aromatic rings. The number of hydrogen-bond acceptors (Lipinski definition) is 10. The highest BCUT2D eigenvalue weighted by Crippen LogP contribution is 2.41. The van der Waals surface area contributed by atoms with Crippen LogP contribution in [0.5, 0.6) is 0 Å². The Morgan fingerprint density at radius 3 is 1.18 bits per heavy atom. The summed E-state index contributed by atoms with van der Waals surface area (Å²) in [4.78, 5) is 28.6. The molecule has 2 aliphatic rings. The Labute approximate surface area is 425 Å². The van der Waals surface area contributed by atoms with Gasteiger partial charge in [0.2, 0.25) is 5.92 Å². The van der Waals surface area contributed by atoms with Gasteiger partial charge in [-0.1, -0.05) is 79.7 Å². The molecule has 19 heteroatoms. The van der Waals surface area contributed by atoms with Crippen LogP contribution in [0.25, 0.3) is 22.3 Å². The first kappa shape index (κ1) is 59.0. The molecule has 0 amide bonds. The van der Waals surface area contributed by atoms with Gasteiger partial charge >= 0.3 is 24.0 Å². The number of halogens is 7. The zero-order valence-electron chi connectivity index (χ0n) is 42.6. The molecule has 0 bridgehead atoms. The van der Waals surface area contributed by atoms with Gasteiger partial charge in [0.1, 0.15) is 11.2 Å². The van der Waals surface area contributed by atoms with Crippen LogP contribution in [0.3, 0.4) is 0 Å². The molecular weight excluding hydrogens is 1000 g/mol. The predicted octanol–water partition coefficient (Wildman–Crippen LogP) is 11.6. The second-order valence-electron chi connectivity index (χ2n) is 20.9. The summed E-state index contributed by atoms with van der Waals surface area (Å²) in [7, 11) is -8.14. The third kappa shape index (κ3) is 14.5. The van der Waals surface area contributed by atoms with Crippen molar-refractivity contribution < 1.29 is 66.6 Å². The van der Waals surface area contributed by atoms with E-state index in [1.54, 1.807) is 90.1 Å². The van der Waals surface area contributed by atoms with Gasteiger partial charge in [0.15, 0.2) is 29.2 Å². The summed E-state index contributed by atoms with van der Waals surface area (Å²) in [5.74, 6) is -8.94. The van der Waals surface area contributed by atoms with Crippen LogP contribution < -0.4 is 5.32 Å². The van der Waals surface area contributed by atoms with Gasteiger partial charge in [-0.15, -0.1) is 0 Å². The lowest BCUT2D eigenvalue weighted by Crippen LogP contribution is -2.56. The zero-order valence-corrected chi connectivity index (χ0v) is 44.2. The highest BCUT2D eigenvalue weighted by atomic mass is 32.2. The second kappa shape index (κ2) is 22.6. The molecule has 0 aliphatic carbocycles. The first-order chi connectivity index (χ1) is 33.7. The number of sulfone groups is 2. The number of ether oxygens (including phenoxy) is 2. The molecule has 2 saturated heterocycles. The maximum absolute atomic E-state index is 13.9. The van der Waals surface area contributed by atoms with Gasteiger partial charge < -0.3 is 19.7 Å². The third-order valence-electron chi connectivity index (χ3n) is 13.0. The van der Waals surface area contributed by atoms with Crippen LogP contribution in [0.4, 0.5) is 30.7 Å². The molecular formula is C54H67F7N2O8S2. The van der Waals surface area contributed by atoms with Gasteiger partial charge in [0.25, 0.3) is 0 Å². The van der Waals surface area contributed by atoms with Gasteiger partial charge in [0, 0.05) is 25.9 Å². The number of benzene rings is 4. The first-order valence-corrected chi connectivity index (χ1v) is 27.2. The minimum atomic E-state index is -5.59. The number of aryl methyl sites for hydroxylation is 2. The van der Waals surface area contributed by atoms with Crippen molar-refractivity contribution in [3.63, 3.8) is 0 Å². The fourth-order valence-corrected chi connectivity index (χ4v) is 12.5. The average Bonchev–Trinajstić information content (AvgIpc) is 3.32. The van der Waals surface area contributed by atoms with E-state index < -0.39 is 83.2 Å².